The van der Waals surface area contributed by atoms with Gasteiger partial charge in [-0.15, -0.1) is 0 Å². The third-order valence-electron chi connectivity index (χ3n) is 3.31. The van der Waals surface area contributed by atoms with Gasteiger partial charge in [0, 0.05) is 12.1 Å². The molecular formula is C15H23NO2. The minimum absolute atomic E-state index is 0.160. The number of hydrogen-bond acceptors (Lipinski definition) is 3. The summed E-state index contributed by atoms with van der Waals surface area (Å²) in [6, 6.07) is 6.14. The van der Waals surface area contributed by atoms with Gasteiger partial charge in [0.25, 0.3) is 0 Å². The van der Waals surface area contributed by atoms with E-state index in [1.54, 1.807) is 7.11 Å². The first-order valence-electron chi connectivity index (χ1n) is 6.61. The van der Waals surface area contributed by atoms with Gasteiger partial charge in [-0.2, -0.15) is 0 Å². The Morgan fingerprint density at radius 2 is 2.00 bits per heavy atom. The molecule has 0 radical (unpaired) electrons. The first-order valence-corrected chi connectivity index (χ1v) is 6.61. The fourth-order valence-electron chi connectivity index (χ4n) is 1.85. The zero-order chi connectivity index (χ0) is 13.2. The largest absolute Gasteiger partial charge is 0.493 e. The number of methoxy groups -OCH3 is 1. The second-order valence-electron chi connectivity index (χ2n) is 5.57. The molecule has 1 aromatic carbocycles. The van der Waals surface area contributed by atoms with Crippen LogP contribution in [0, 0.1) is 0 Å². The van der Waals surface area contributed by atoms with E-state index in [2.05, 4.69) is 24.4 Å². The van der Waals surface area contributed by atoms with Gasteiger partial charge in [0.15, 0.2) is 11.5 Å². The molecule has 1 aliphatic rings. The zero-order valence-electron chi connectivity index (χ0n) is 11.7. The van der Waals surface area contributed by atoms with Gasteiger partial charge in [0.05, 0.1) is 13.2 Å². The van der Waals surface area contributed by atoms with Crippen LogP contribution in [-0.4, -0.2) is 18.8 Å². The Labute approximate surface area is 109 Å². The van der Waals surface area contributed by atoms with E-state index < -0.39 is 0 Å². The first-order chi connectivity index (χ1) is 8.52. The van der Waals surface area contributed by atoms with Gasteiger partial charge < -0.3 is 14.8 Å². The lowest BCUT2D eigenvalue weighted by Crippen LogP contribution is -2.26. The standard InChI is InChI=1S/C15H23NO2/c1-11(2)18-13-6-5-12(9-14(13)17-4)10-16-15(3)7-8-15/h5-6,9,11,16H,7-8,10H2,1-4H3. The second-order valence-corrected chi connectivity index (χ2v) is 5.57. The smallest absolute Gasteiger partial charge is 0.161 e. The molecule has 3 nitrogen and oxygen atoms in total. The molecular weight excluding hydrogens is 226 g/mol. The van der Waals surface area contributed by atoms with E-state index in [0.29, 0.717) is 5.54 Å². The average Bonchev–Trinajstić information content (AvgIpc) is 3.06. The highest BCUT2D eigenvalue weighted by atomic mass is 16.5. The van der Waals surface area contributed by atoms with Gasteiger partial charge in [-0.05, 0) is 51.3 Å². The maximum absolute atomic E-state index is 5.70. The van der Waals surface area contributed by atoms with E-state index >= 15 is 0 Å². The monoisotopic (exact) mass is 249 g/mol. The van der Waals surface area contributed by atoms with Crippen LogP contribution in [0.3, 0.4) is 0 Å². The lowest BCUT2D eigenvalue weighted by atomic mass is 10.2. The molecule has 2 rings (SSSR count). The molecule has 100 valence electrons. The molecule has 0 spiro atoms. The molecule has 0 unspecified atom stereocenters. The number of ether oxygens (including phenoxy) is 2. The van der Waals surface area contributed by atoms with E-state index in [9.17, 15) is 0 Å². The van der Waals surface area contributed by atoms with E-state index in [4.69, 9.17) is 9.47 Å². The van der Waals surface area contributed by atoms with Gasteiger partial charge >= 0.3 is 0 Å². The summed E-state index contributed by atoms with van der Waals surface area (Å²) in [6.45, 7) is 7.18. The molecule has 0 atom stereocenters. The number of hydrogen-bond donors (Lipinski definition) is 1. The first kappa shape index (κ1) is 13.2. The molecule has 1 aliphatic carbocycles. The molecule has 0 saturated heterocycles. The van der Waals surface area contributed by atoms with Crippen molar-refractivity contribution < 1.29 is 9.47 Å². The van der Waals surface area contributed by atoms with Crippen LogP contribution in [0.25, 0.3) is 0 Å². The fourth-order valence-corrected chi connectivity index (χ4v) is 1.85. The SMILES string of the molecule is COc1cc(CNC2(C)CC2)ccc1OC(C)C. The lowest BCUT2D eigenvalue weighted by Gasteiger charge is -2.16. The molecule has 18 heavy (non-hydrogen) atoms. The molecule has 0 aromatic heterocycles. The number of benzene rings is 1. The van der Waals surface area contributed by atoms with Crippen LogP contribution < -0.4 is 14.8 Å². The van der Waals surface area contributed by atoms with Crippen molar-refractivity contribution in [1.82, 2.24) is 5.32 Å². The Bertz CT molecular complexity index is 411. The highest BCUT2D eigenvalue weighted by Gasteiger charge is 2.36. The van der Waals surface area contributed by atoms with Crippen LogP contribution in [0.2, 0.25) is 0 Å². The predicted molar refractivity (Wildman–Crippen MR) is 73.2 cm³/mol. The fraction of sp³-hybridized carbons (Fsp3) is 0.600. The Morgan fingerprint density at radius 1 is 1.28 bits per heavy atom. The minimum atomic E-state index is 0.160. The van der Waals surface area contributed by atoms with E-state index in [1.165, 1.54) is 18.4 Å². The minimum Gasteiger partial charge on any atom is -0.493 e. The van der Waals surface area contributed by atoms with Crippen molar-refractivity contribution in [1.29, 1.82) is 0 Å². The molecule has 1 saturated carbocycles. The lowest BCUT2D eigenvalue weighted by molar-refractivity contribution is 0.230. The Kier molecular flexibility index (Phi) is 3.81. The molecule has 0 heterocycles. The van der Waals surface area contributed by atoms with Crippen LogP contribution in [-0.2, 0) is 6.54 Å². The highest BCUT2D eigenvalue weighted by Crippen LogP contribution is 2.35. The van der Waals surface area contributed by atoms with Gasteiger partial charge in [0.2, 0.25) is 0 Å². The maximum atomic E-state index is 5.70. The van der Waals surface area contributed by atoms with Gasteiger partial charge in [-0.25, -0.2) is 0 Å². The molecule has 0 aliphatic heterocycles. The summed E-state index contributed by atoms with van der Waals surface area (Å²) in [5, 5.41) is 3.56. The van der Waals surface area contributed by atoms with Gasteiger partial charge in [-0.3, -0.25) is 0 Å². The van der Waals surface area contributed by atoms with Crippen LogP contribution >= 0.6 is 0 Å². The van der Waals surface area contributed by atoms with Crippen molar-refractivity contribution in [3.05, 3.63) is 23.8 Å². The van der Waals surface area contributed by atoms with Crippen LogP contribution in [0.4, 0.5) is 0 Å². The predicted octanol–water partition coefficient (Wildman–Crippen LogP) is 3.12. The summed E-state index contributed by atoms with van der Waals surface area (Å²) in [7, 11) is 1.68. The summed E-state index contributed by atoms with van der Waals surface area (Å²) >= 11 is 0. The average molecular weight is 249 g/mol. The molecule has 3 heteroatoms. The third-order valence-corrected chi connectivity index (χ3v) is 3.31. The van der Waals surface area contributed by atoms with Crippen molar-refractivity contribution in [2.24, 2.45) is 0 Å². The Hall–Kier alpha value is -1.22. The normalized spacial score (nSPS) is 16.7. The van der Waals surface area contributed by atoms with E-state index in [0.717, 1.165) is 18.0 Å². The topological polar surface area (TPSA) is 30.5 Å². The summed E-state index contributed by atoms with van der Waals surface area (Å²) in [6.07, 6.45) is 2.71. The summed E-state index contributed by atoms with van der Waals surface area (Å²) in [5.41, 5.74) is 1.59. The molecule has 1 aromatic rings. The zero-order valence-corrected chi connectivity index (χ0v) is 11.7. The summed E-state index contributed by atoms with van der Waals surface area (Å²) < 4.78 is 11.1. The van der Waals surface area contributed by atoms with Crippen molar-refractivity contribution in [3.63, 3.8) is 0 Å². The Morgan fingerprint density at radius 3 is 2.56 bits per heavy atom. The second kappa shape index (κ2) is 5.19. The number of nitrogens with one attached hydrogen (secondary N) is 1. The number of rotatable bonds is 6. The molecule has 0 bridgehead atoms. The van der Waals surface area contributed by atoms with Gasteiger partial charge in [0.1, 0.15) is 0 Å². The van der Waals surface area contributed by atoms with Crippen LogP contribution in [0.1, 0.15) is 39.2 Å². The van der Waals surface area contributed by atoms with E-state index in [1.807, 2.05) is 19.9 Å². The van der Waals surface area contributed by atoms with Crippen molar-refractivity contribution in [3.8, 4) is 11.5 Å². The molecule has 0 amide bonds. The third kappa shape index (κ3) is 3.39. The molecule has 1 N–H and O–H groups in total. The van der Waals surface area contributed by atoms with Crippen molar-refractivity contribution >= 4 is 0 Å². The van der Waals surface area contributed by atoms with Crippen molar-refractivity contribution in [2.45, 2.75) is 51.8 Å². The maximum Gasteiger partial charge on any atom is 0.161 e. The van der Waals surface area contributed by atoms with Crippen molar-refractivity contribution in [2.75, 3.05) is 7.11 Å². The van der Waals surface area contributed by atoms with Crippen LogP contribution in [0.5, 0.6) is 11.5 Å². The summed E-state index contributed by atoms with van der Waals surface area (Å²) in [5.74, 6) is 1.62. The quantitative estimate of drug-likeness (QED) is 0.840. The van der Waals surface area contributed by atoms with Crippen LogP contribution in [0.15, 0.2) is 18.2 Å². The highest BCUT2D eigenvalue weighted by molar-refractivity contribution is 5.43. The Balaban J connectivity index is 2.03. The van der Waals surface area contributed by atoms with E-state index in [-0.39, 0.29) is 6.10 Å². The summed E-state index contributed by atoms with van der Waals surface area (Å²) in [4.78, 5) is 0. The van der Waals surface area contributed by atoms with Gasteiger partial charge in [-0.1, -0.05) is 6.07 Å². The molecule has 1 fully saturated rings.